The number of hydrogen-bond donors (Lipinski definition) is 1. The molecule has 0 fully saturated rings. The number of nitrogens with one attached hydrogen (secondary N) is 1. The first kappa shape index (κ1) is 17.7. The number of rotatable bonds is 4. The number of halogens is 1. The lowest BCUT2D eigenvalue weighted by molar-refractivity contribution is -0.130. The van der Waals surface area contributed by atoms with Crippen LogP contribution in [0.15, 0.2) is 40.8 Å². The summed E-state index contributed by atoms with van der Waals surface area (Å²) in [6.45, 7) is 6.95. The molecule has 0 spiro atoms. The van der Waals surface area contributed by atoms with Gasteiger partial charge in [0.15, 0.2) is 6.10 Å². The van der Waals surface area contributed by atoms with Crippen molar-refractivity contribution in [2.75, 3.05) is 0 Å². The van der Waals surface area contributed by atoms with Gasteiger partial charge < -0.3 is 14.5 Å². The summed E-state index contributed by atoms with van der Waals surface area (Å²) in [4.78, 5) is 24.0. The summed E-state index contributed by atoms with van der Waals surface area (Å²) >= 11 is 0. The lowest BCUT2D eigenvalue weighted by Crippen LogP contribution is -2.46. The molecule has 6 heteroatoms. The van der Waals surface area contributed by atoms with Crippen LogP contribution in [-0.2, 0) is 9.53 Å². The second kappa shape index (κ2) is 6.86. The maximum atomic E-state index is 13.7. The van der Waals surface area contributed by atoms with Gasteiger partial charge in [-0.2, -0.15) is 0 Å². The van der Waals surface area contributed by atoms with E-state index in [1.54, 1.807) is 18.2 Å². The van der Waals surface area contributed by atoms with Crippen LogP contribution in [0.5, 0.6) is 0 Å². The van der Waals surface area contributed by atoms with E-state index in [2.05, 4.69) is 5.32 Å². The smallest absolute Gasteiger partial charge is 0.375 e. The summed E-state index contributed by atoms with van der Waals surface area (Å²) < 4.78 is 24.2. The summed E-state index contributed by atoms with van der Waals surface area (Å²) in [5.74, 6) is -1.52. The Morgan fingerprint density at radius 2 is 1.83 bits per heavy atom. The van der Waals surface area contributed by atoms with Crippen LogP contribution < -0.4 is 5.32 Å². The van der Waals surface area contributed by atoms with Gasteiger partial charge in [0.25, 0.3) is 5.91 Å². The van der Waals surface area contributed by atoms with Crippen LogP contribution in [0, 0.1) is 5.82 Å². The van der Waals surface area contributed by atoms with Gasteiger partial charge in [0.1, 0.15) is 11.6 Å². The first-order valence-electron chi connectivity index (χ1n) is 7.55. The SMILES string of the molecule is C[C@@H](OC(=O)c1ccc(-c2ccccc2F)o1)C(=O)NC(C)(C)C. The third kappa shape index (κ3) is 4.44. The molecule has 24 heavy (non-hydrogen) atoms. The molecule has 0 aliphatic carbocycles. The Morgan fingerprint density at radius 3 is 2.46 bits per heavy atom. The molecule has 0 aliphatic heterocycles. The predicted molar refractivity (Wildman–Crippen MR) is 86.9 cm³/mol. The number of amides is 1. The van der Waals surface area contributed by atoms with Crippen molar-refractivity contribution in [3.8, 4) is 11.3 Å². The minimum atomic E-state index is -0.973. The average molecular weight is 333 g/mol. The average Bonchev–Trinajstić information content (AvgIpc) is 2.95. The lowest BCUT2D eigenvalue weighted by Gasteiger charge is -2.22. The van der Waals surface area contributed by atoms with E-state index in [0.29, 0.717) is 0 Å². The molecule has 1 atom stereocenters. The molecule has 0 radical (unpaired) electrons. The van der Waals surface area contributed by atoms with Crippen LogP contribution in [0.2, 0.25) is 0 Å². The van der Waals surface area contributed by atoms with Gasteiger partial charge in [-0.3, -0.25) is 4.79 Å². The summed E-state index contributed by atoms with van der Waals surface area (Å²) in [7, 11) is 0. The summed E-state index contributed by atoms with van der Waals surface area (Å²) in [5, 5.41) is 2.72. The molecule has 2 aromatic rings. The highest BCUT2D eigenvalue weighted by atomic mass is 19.1. The van der Waals surface area contributed by atoms with E-state index in [-0.39, 0.29) is 17.1 Å². The highest BCUT2D eigenvalue weighted by Crippen LogP contribution is 2.25. The molecule has 0 saturated carbocycles. The maximum Gasteiger partial charge on any atom is 0.375 e. The van der Waals surface area contributed by atoms with Gasteiger partial charge in [-0.25, -0.2) is 9.18 Å². The van der Waals surface area contributed by atoms with Crippen molar-refractivity contribution < 1.29 is 23.1 Å². The van der Waals surface area contributed by atoms with Gasteiger partial charge in [0.2, 0.25) is 5.76 Å². The number of hydrogen-bond acceptors (Lipinski definition) is 4. The van der Waals surface area contributed by atoms with Crippen LogP contribution >= 0.6 is 0 Å². The largest absolute Gasteiger partial charge is 0.449 e. The molecule has 0 unspecified atom stereocenters. The number of carbonyl (C=O) groups is 2. The van der Waals surface area contributed by atoms with Gasteiger partial charge in [0.05, 0.1) is 5.56 Å². The topological polar surface area (TPSA) is 68.5 Å². The Morgan fingerprint density at radius 1 is 1.17 bits per heavy atom. The van der Waals surface area contributed by atoms with Crippen LogP contribution in [0.3, 0.4) is 0 Å². The third-order valence-electron chi connectivity index (χ3n) is 3.10. The Kier molecular flexibility index (Phi) is 5.07. The molecular weight excluding hydrogens is 313 g/mol. The third-order valence-corrected chi connectivity index (χ3v) is 3.10. The first-order chi connectivity index (χ1) is 11.2. The van der Waals surface area contributed by atoms with Crippen LogP contribution in [0.4, 0.5) is 4.39 Å². The lowest BCUT2D eigenvalue weighted by atomic mass is 10.1. The van der Waals surface area contributed by atoms with E-state index in [1.165, 1.54) is 25.1 Å². The Bertz CT molecular complexity index is 745. The van der Waals surface area contributed by atoms with Crippen molar-refractivity contribution in [3.63, 3.8) is 0 Å². The summed E-state index contributed by atoms with van der Waals surface area (Å²) in [5.41, 5.74) is -0.185. The fourth-order valence-corrected chi connectivity index (χ4v) is 2.00. The number of furan rings is 1. The zero-order chi connectivity index (χ0) is 17.9. The Balaban J connectivity index is 2.06. The van der Waals surface area contributed by atoms with Gasteiger partial charge in [0, 0.05) is 5.54 Å². The van der Waals surface area contributed by atoms with Gasteiger partial charge in [-0.15, -0.1) is 0 Å². The minimum Gasteiger partial charge on any atom is -0.449 e. The molecule has 1 aromatic heterocycles. The molecule has 0 aliphatic rings. The molecule has 1 aromatic carbocycles. The van der Waals surface area contributed by atoms with Gasteiger partial charge in [-0.05, 0) is 52.0 Å². The van der Waals surface area contributed by atoms with E-state index in [4.69, 9.17) is 9.15 Å². The highest BCUT2D eigenvalue weighted by Gasteiger charge is 2.24. The normalized spacial score (nSPS) is 12.5. The summed E-state index contributed by atoms with van der Waals surface area (Å²) in [6, 6.07) is 8.94. The van der Waals surface area contributed by atoms with Crippen molar-refractivity contribution in [1.29, 1.82) is 0 Å². The van der Waals surface area contributed by atoms with Crippen molar-refractivity contribution in [2.24, 2.45) is 0 Å². The van der Waals surface area contributed by atoms with Gasteiger partial charge >= 0.3 is 5.97 Å². The molecule has 0 saturated heterocycles. The van der Waals surface area contributed by atoms with E-state index >= 15 is 0 Å². The standard InChI is InChI=1S/C18H20FNO4/c1-11(16(21)20-18(2,3)4)23-17(22)15-10-9-14(24-15)12-7-5-6-8-13(12)19/h5-11H,1-4H3,(H,20,21)/t11-/m1/s1. The second-order valence-electron chi connectivity index (χ2n) is 6.43. The fraction of sp³-hybridized carbons (Fsp3) is 0.333. The predicted octanol–water partition coefficient (Wildman–Crippen LogP) is 3.55. The van der Waals surface area contributed by atoms with Crippen LogP contribution in [0.1, 0.15) is 38.2 Å². The van der Waals surface area contributed by atoms with Crippen LogP contribution in [0.25, 0.3) is 11.3 Å². The maximum absolute atomic E-state index is 13.7. The number of esters is 1. The molecule has 1 amide bonds. The Labute approximate surface area is 139 Å². The number of carbonyl (C=O) groups excluding carboxylic acids is 2. The number of benzene rings is 1. The van der Waals surface area contributed by atoms with Crippen molar-refractivity contribution >= 4 is 11.9 Å². The van der Waals surface area contributed by atoms with E-state index < -0.39 is 29.3 Å². The van der Waals surface area contributed by atoms with Crippen molar-refractivity contribution in [2.45, 2.75) is 39.3 Å². The van der Waals surface area contributed by atoms with Crippen molar-refractivity contribution in [1.82, 2.24) is 5.32 Å². The first-order valence-corrected chi connectivity index (χ1v) is 7.55. The van der Waals surface area contributed by atoms with Crippen LogP contribution in [-0.4, -0.2) is 23.5 Å². The Hall–Kier alpha value is -2.63. The highest BCUT2D eigenvalue weighted by molar-refractivity contribution is 5.90. The van der Waals surface area contributed by atoms with E-state index in [9.17, 15) is 14.0 Å². The zero-order valence-electron chi connectivity index (χ0n) is 14.1. The fourth-order valence-electron chi connectivity index (χ4n) is 2.00. The zero-order valence-corrected chi connectivity index (χ0v) is 14.1. The van der Waals surface area contributed by atoms with Crippen molar-refractivity contribution in [3.05, 3.63) is 48.0 Å². The summed E-state index contributed by atoms with van der Waals surface area (Å²) in [6.07, 6.45) is -0.973. The van der Waals surface area contributed by atoms with E-state index in [0.717, 1.165) is 0 Å². The molecule has 0 bridgehead atoms. The van der Waals surface area contributed by atoms with Gasteiger partial charge in [-0.1, -0.05) is 12.1 Å². The second-order valence-corrected chi connectivity index (χ2v) is 6.43. The van der Waals surface area contributed by atoms with E-state index in [1.807, 2.05) is 20.8 Å². The minimum absolute atomic E-state index is 0.0938. The molecular formula is C18H20FNO4. The molecule has 128 valence electrons. The quantitative estimate of drug-likeness (QED) is 0.869. The molecule has 5 nitrogen and oxygen atoms in total. The monoisotopic (exact) mass is 333 g/mol. The molecule has 2 rings (SSSR count). The number of ether oxygens (including phenoxy) is 1. The molecule has 1 N–H and O–H groups in total. The molecule has 1 heterocycles.